The maximum absolute atomic E-state index is 3.19. The largest absolute Gasteiger partial charge is 0.104 e. The van der Waals surface area contributed by atoms with E-state index in [1.54, 1.807) is 0 Å². The zero-order valence-corrected chi connectivity index (χ0v) is 10.1. The van der Waals surface area contributed by atoms with Gasteiger partial charge in [-0.1, -0.05) is 32.6 Å². The Bertz CT molecular complexity index is 316. The highest BCUT2D eigenvalue weighted by molar-refractivity contribution is 5.21. The average molecular weight is 200 g/mol. The van der Waals surface area contributed by atoms with Crippen molar-refractivity contribution in [2.24, 2.45) is 5.92 Å². The van der Waals surface area contributed by atoms with Crippen molar-refractivity contribution in [3.05, 3.63) is 0 Å². The van der Waals surface area contributed by atoms with E-state index in [0.29, 0.717) is 0 Å². The molecule has 0 fully saturated rings. The molecular formula is C15H20. The standard InChI is InChI=1S/C15H20/c1-4-7-10-13-15(12-9-6-3)14-11-8-5-2/h15H,4-7,14H2,1-3H3. The molecule has 0 amide bonds. The zero-order chi connectivity index (χ0) is 11.4. The van der Waals surface area contributed by atoms with E-state index in [-0.39, 0.29) is 5.92 Å². The Kier molecular flexibility index (Phi) is 9.81. The van der Waals surface area contributed by atoms with Crippen LogP contribution in [0.1, 0.15) is 52.9 Å². The molecule has 0 spiro atoms. The molecule has 1 unspecified atom stereocenters. The van der Waals surface area contributed by atoms with Gasteiger partial charge in [0.15, 0.2) is 0 Å². The van der Waals surface area contributed by atoms with Crippen molar-refractivity contribution in [2.45, 2.75) is 52.9 Å². The fourth-order valence-corrected chi connectivity index (χ4v) is 0.983. The van der Waals surface area contributed by atoms with E-state index in [1.807, 2.05) is 0 Å². The van der Waals surface area contributed by atoms with Crippen LogP contribution in [-0.2, 0) is 0 Å². The number of rotatable bonds is 2. The Morgan fingerprint density at radius 1 is 0.800 bits per heavy atom. The molecule has 80 valence electrons. The van der Waals surface area contributed by atoms with Crippen molar-refractivity contribution >= 4 is 0 Å². The van der Waals surface area contributed by atoms with Crippen LogP contribution >= 0.6 is 0 Å². The minimum absolute atomic E-state index is 0.149. The first-order valence-corrected chi connectivity index (χ1v) is 5.77. The highest BCUT2D eigenvalue weighted by Gasteiger charge is 1.96. The Morgan fingerprint density at radius 3 is 2.07 bits per heavy atom. The van der Waals surface area contributed by atoms with Gasteiger partial charge in [0, 0.05) is 25.7 Å². The van der Waals surface area contributed by atoms with Gasteiger partial charge in [0.05, 0.1) is 5.92 Å². The fourth-order valence-electron chi connectivity index (χ4n) is 0.983. The van der Waals surface area contributed by atoms with Crippen LogP contribution in [-0.4, -0.2) is 0 Å². The van der Waals surface area contributed by atoms with E-state index >= 15 is 0 Å². The number of unbranched alkanes of at least 4 members (excludes halogenated alkanes) is 1. The highest BCUT2D eigenvalue weighted by atomic mass is 14.0. The van der Waals surface area contributed by atoms with Crippen LogP contribution in [0.25, 0.3) is 0 Å². The van der Waals surface area contributed by atoms with Gasteiger partial charge in [-0.05, 0) is 6.42 Å². The van der Waals surface area contributed by atoms with Crippen molar-refractivity contribution in [2.75, 3.05) is 0 Å². The molecule has 0 aliphatic heterocycles. The minimum Gasteiger partial charge on any atom is -0.104 e. The molecule has 0 saturated carbocycles. The Labute approximate surface area is 94.8 Å². The van der Waals surface area contributed by atoms with Crippen molar-refractivity contribution in [1.29, 1.82) is 0 Å². The Morgan fingerprint density at radius 2 is 1.47 bits per heavy atom. The maximum Gasteiger partial charge on any atom is 0.0920 e. The summed E-state index contributed by atoms with van der Waals surface area (Å²) in [5, 5.41) is 0. The number of hydrogen-bond donors (Lipinski definition) is 0. The molecule has 0 heterocycles. The van der Waals surface area contributed by atoms with Crippen LogP contribution in [0.5, 0.6) is 0 Å². The minimum atomic E-state index is 0.149. The lowest BCUT2D eigenvalue weighted by Crippen LogP contribution is -1.91. The molecule has 0 aliphatic carbocycles. The molecule has 0 saturated heterocycles. The van der Waals surface area contributed by atoms with Crippen molar-refractivity contribution in [3.8, 4) is 35.5 Å². The molecule has 0 bridgehead atoms. The van der Waals surface area contributed by atoms with Gasteiger partial charge in [0.25, 0.3) is 0 Å². The molecular weight excluding hydrogens is 180 g/mol. The molecule has 0 rings (SSSR count). The summed E-state index contributed by atoms with van der Waals surface area (Å²) < 4.78 is 0. The van der Waals surface area contributed by atoms with Gasteiger partial charge in [-0.3, -0.25) is 0 Å². The summed E-state index contributed by atoms with van der Waals surface area (Å²) in [5.41, 5.74) is 0. The third-order valence-electron chi connectivity index (χ3n) is 1.71. The second kappa shape index (κ2) is 10.8. The Hall–Kier alpha value is -1.32. The van der Waals surface area contributed by atoms with E-state index < -0.39 is 0 Å². The van der Waals surface area contributed by atoms with Gasteiger partial charge in [-0.25, -0.2) is 0 Å². The lowest BCUT2D eigenvalue weighted by molar-refractivity contribution is 0.905. The molecule has 0 radical (unpaired) electrons. The molecule has 0 aromatic heterocycles. The van der Waals surface area contributed by atoms with E-state index in [0.717, 1.165) is 32.1 Å². The van der Waals surface area contributed by atoms with Crippen LogP contribution < -0.4 is 0 Å². The molecule has 15 heavy (non-hydrogen) atoms. The Balaban J connectivity index is 4.26. The summed E-state index contributed by atoms with van der Waals surface area (Å²) in [6.45, 7) is 6.25. The van der Waals surface area contributed by atoms with Gasteiger partial charge in [0.1, 0.15) is 0 Å². The summed E-state index contributed by atoms with van der Waals surface area (Å²) >= 11 is 0. The summed E-state index contributed by atoms with van der Waals surface area (Å²) in [7, 11) is 0. The van der Waals surface area contributed by atoms with Crippen molar-refractivity contribution < 1.29 is 0 Å². The van der Waals surface area contributed by atoms with Gasteiger partial charge >= 0.3 is 0 Å². The lowest BCUT2D eigenvalue weighted by atomic mass is 10.1. The third kappa shape index (κ3) is 9.00. The SMILES string of the molecule is CCC#CCC(C#CCC)C#CCCC. The molecule has 0 heteroatoms. The lowest BCUT2D eigenvalue weighted by Gasteiger charge is -1.94. The number of hydrogen-bond acceptors (Lipinski definition) is 0. The van der Waals surface area contributed by atoms with Gasteiger partial charge in [-0.2, -0.15) is 0 Å². The topological polar surface area (TPSA) is 0 Å². The maximum atomic E-state index is 3.19. The predicted molar refractivity (Wildman–Crippen MR) is 66.9 cm³/mol. The summed E-state index contributed by atoms with van der Waals surface area (Å²) in [6, 6.07) is 0. The summed E-state index contributed by atoms with van der Waals surface area (Å²) in [4.78, 5) is 0. The molecule has 1 atom stereocenters. The van der Waals surface area contributed by atoms with Crippen LogP contribution in [0, 0.1) is 41.4 Å². The van der Waals surface area contributed by atoms with E-state index in [9.17, 15) is 0 Å². The average Bonchev–Trinajstić information content (AvgIpc) is 2.25. The first-order chi connectivity index (χ1) is 7.35. The first-order valence-electron chi connectivity index (χ1n) is 5.77. The summed E-state index contributed by atoms with van der Waals surface area (Å²) in [6.07, 6.45) is 4.67. The molecule has 0 aliphatic rings. The van der Waals surface area contributed by atoms with Crippen molar-refractivity contribution in [1.82, 2.24) is 0 Å². The van der Waals surface area contributed by atoms with Gasteiger partial charge in [0.2, 0.25) is 0 Å². The molecule has 0 N–H and O–H groups in total. The molecule has 0 nitrogen and oxygen atoms in total. The van der Waals surface area contributed by atoms with E-state index in [1.165, 1.54) is 0 Å². The van der Waals surface area contributed by atoms with Crippen molar-refractivity contribution in [3.63, 3.8) is 0 Å². The van der Waals surface area contributed by atoms with Crippen LogP contribution in [0.3, 0.4) is 0 Å². The quantitative estimate of drug-likeness (QED) is 0.597. The first kappa shape index (κ1) is 13.7. The van der Waals surface area contributed by atoms with Crippen LogP contribution in [0.15, 0.2) is 0 Å². The third-order valence-corrected chi connectivity index (χ3v) is 1.71. The monoisotopic (exact) mass is 200 g/mol. The molecule has 0 aromatic rings. The highest BCUT2D eigenvalue weighted by Crippen LogP contribution is 1.99. The fraction of sp³-hybridized carbons (Fsp3) is 0.600. The zero-order valence-electron chi connectivity index (χ0n) is 10.1. The second-order valence-electron chi connectivity index (χ2n) is 3.21. The van der Waals surface area contributed by atoms with Gasteiger partial charge < -0.3 is 0 Å². The molecule has 0 aromatic carbocycles. The van der Waals surface area contributed by atoms with E-state index in [4.69, 9.17) is 0 Å². The van der Waals surface area contributed by atoms with Crippen LogP contribution in [0.4, 0.5) is 0 Å². The van der Waals surface area contributed by atoms with Gasteiger partial charge in [-0.15, -0.1) is 23.7 Å². The predicted octanol–water partition coefficient (Wildman–Crippen LogP) is 3.62. The van der Waals surface area contributed by atoms with E-state index in [2.05, 4.69) is 56.3 Å². The summed E-state index contributed by atoms with van der Waals surface area (Å²) in [5.74, 6) is 18.9. The normalized spacial score (nSPS) is 9.80. The van der Waals surface area contributed by atoms with Crippen LogP contribution in [0.2, 0.25) is 0 Å². The second-order valence-corrected chi connectivity index (χ2v) is 3.21. The smallest absolute Gasteiger partial charge is 0.0920 e.